The van der Waals surface area contributed by atoms with Crippen molar-refractivity contribution >= 4 is 15.9 Å². The Morgan fingerprint density at radius 3 is 2.95 bits per heavy atom. The summed E-state index contributed by atoms with van der Waals surface area (Å²) < 4.78 is 6.18. The largest absolute Gasteiger partial charge is 0.496 e. The van der Waals surface area contributed by atoms with Crippen molar-refractivity contribution in [2.45, 2.75) is 31.8 Å². The Hall–Kier alpha value is -0.580. The SMILES string of the molecule is CCC1CNCCC1(O)Cc1ccc(OC)c(Br)c1. The fraction of sp³-hybridized carbons (Fsp3) is 0.600. The van der Waals surface area contributed by atoms with E-state index >= 15 is 0 Å². The number of halogens is 1. The molecule has 19 heavy (non-hydrogen) atoms. The molecule has 2 rings (SSSR count). The lowest BCUT2D eigenvalue weighted by Gasteiger charge is -2.40. The highest BCUT2D eigenvalue weighted by Crippen LogP contribution is 2.33. The minimum atomic E-state index is -0.589. The quantitative estimate of drug-likeness (QED) is 0.893. The second-order valence-corrected chi connectivity index (χ2v) is 6.16. The summed E-state index contributed by atoms with van der Waals surface area (Å²) in [6.07, 6.45) is 2.52. The summed E-state index contributed by atoms with van der Waals surface area (Å²) in [5, 5.41) is 14.3. The number of nitrogens with one attached hydrogen (secondary N) is 1. The van der Waals surface area contributed by atoms with Gasteiger partial charge in [0.1, 0.15) is 5.75 Å². The third-order valence-electron chi connectivity index (χ3n) is 4.10. The maximum absolute atomic E-state index is 10.9. The molecule has 1 heterocycles. The molecular formula is C15H22BrNO2. The van der Waals surface area contributed by atoms with Gasteiger partial charge < -0.3 is 15.2 Å². The topological polar surface area (TPSA) is 41.5 Å². The molecule has 0 amide bonds. The summed E-state index contributed by atoms with van der Waals surface area (Å²) in [4.78, 5) is 0. The molecule has 0 radical (unpaired) electrons. The monoisotopic (exact) mass is 327 g/mol. The highest BCUT2D eigenvalue weighted by atomic mass is 79.9. The van der Waals surface area contributed by atoms with Gasteiger partial charge >= 0.3 is 0 Å². The number of methoxy groups -OCH3 is 1. The van der Waals surface area contributed by atoms with Crippen molar-refractivity contribution < 1.29 is 9.84 Å². The predicted octanol–water partition coefficient (Wildman–Crippen LogP) is 2.75. The van der Waals surface area contributed by atoms with Gasteiger partial charge in [-0.3, -0.25) is 0 Å². The Kier molecular flexibility index (Phi) is 4.87. The van der Waals surface area contributed by atoms with Crippen LogP contribution in [0.1, 0.15) is 25.3 Å². The molecule has 1 fully saturated rings. The number of hydrogen-bond acceptors (Lipinski definition) is 3. The Balaban J connectivity index is 2.16. The van der Waals surface area contributed by atoms with Crippen LogP contribution in [-0.4, -0.2) is 30.9 Å². The first-order valence-electron chi connectivity index (χ1n) is 6.84. The van der Waals surface area contributed by atoms with Crippen LogP contribution in [0.15, 0.2) is 22.7 Å². The Bertz CT molecular complexity index is 438. The first kappa shape index (κ1) is 14.8. The van der Waals surface area contributed by atoms with Gasteiger partial charge in [0, 0.05) is 18.9 Å². The summed E-state index contributed by atoms with van der Waals surface area (Å²) in [5.41, 5.74) is 0.559. The Morgan fingerprint density at radius 1 is 1.53 bits per heavy atom. The van der Waals surface area contributed by atoms with Gasteiger partial charge in [-0.15, -0.1) is 0 Å². The molecule has 0 bridgehead atoms. The molecule has 2 N–H and O–H groups in total. The number of aliphatic hydroxyl groups is 1. The van der Waals surface area contributed by atoms with E-state index in [1.807, 2.05) is 18.2 Å². The standard InChI is InChI=1S/C15H22BrNO2/c1-3-12-10-17-7-6-15(12,18)9-11-4-5-14(19-2)13(16)8-11/h4-5,8,12,17-18H,3,6-7,9-10H2,1-2H3. The average Bonchev–Trinajstić information content (AvgIpc) is 2.39. The van der Waals surface area contributed by atoms with Gasteiger partial charge in [0.25, 0.3) is 0 Å². The van der Waals surface area contributed by atoms with E-state index in [9.17, 15) is 5.11 Å². The molecule has 1 aromatic rings. The van der Waals surface area contributed by atoms with Crippen LogP contribution >= 0.6 is 15.9 Å². The van der Waals surface area contributed by atoms with E-state index in [1.54, 1.807) is 7.11 Å². The minimum Gasteiger partial charge on any atom is -0.496 e. The van der Waals surface area contributed by atoms with Gasteiger partial charge in [0.2, 0.25) is 0 Å². The highest BCUT2D eigenvalue weighted by Gasteiger charge is 2.37. The predicted molar refractivity (Wildman–Crippen MR) is 80.6 cm³/mol. The van der Waals surface area contributed by atoms with Crippen molar-refractivity contribution in [3.8, 4) is 5.75 Å². The molecule has 0 aliphatic carbocycles. The smallest absolute Gasteiger partial charge is 0.133 e. The van der Waals surface area contributed by atoms with Crippen LogP contribution in [0.2, 0.25) is 0 Å². The molecule has 2 atom stereocenters. The minimum absolute atomic E-state index is 0.321. The molecule has 1 aromatic carbocycles. The van der Waals surface area contributed by atoms with E-state index in [2.05, 4.69) is 28.2 Å². The maximum atomic E-state index is 10.9. The fourth-order valence-electron chi connectivity index (χ4n) is 2.91. The molecular weight excluding hydrogens is 306 g/mol. The first-order chi connectivity index (χ1) is 9.09. The lowest BCUT2D eigenvalue weighted by Crippen LogP contribution is -2.51. The van der Waals surface area contributed by atoms with Crippen molar-refractivity contribution in [1.29, 1.82) is 0 Å². The van der Waals surface area contributed by atoms with E-state index in [0.29, 0.717) is 12.3 Å². The third kappa shape index (κ3) is 3.30. The van der Waals surface area contributed by atoms with Crippen LogP contribution in [0.4, 0.5) is 0 Å². The molecule has 4 heteroatoms. The summed E-state index contributed by atoms with van der Waals surface area (Å²) in [5.74, 6) is 1.15. The zero-order valence-electron chi connectivity index (χ0n) is 11.6. The number of piperidine rings is 1. The van der Waals surface area contributed by atoms with E-state index in [4.69, 9.17) is 4.74 Å². The van der Waals surface area contributed by atoms with Crippen LogP contribution in [-0.2, 0) is 6.42 Å². The number of benzene rings is 1. The van der Waals surface area contributed by atoms with Gasteiger partial charge in [-0.25, -0.2) is 0 Å². The van der Waals surface area contributed by atoms with Gasteiger partial charge in [0.05, 0.1) is 17.2 Å². The summed E-state index contributed by atoms with van der Waals surface area (Å²) in [6, 6.07) is 6.03. The van der Waals surface area contributed by atoms with Crippen molar-refractivity contribution in [3.63, 3.8) is 0 Å². The first-order valence-corrected chi connectivity index (χ1v) is 7.64. The second-order valence-electron chi connectivity index (χ2n) is 5.31. The molecule has 1 saturated heterocycles. The molecule has 2 unspecified atom stereocenters. The van der Waals surface area contributed by atoms with Gasteiger partial charge in [0.15, 0.2) is 0 Å². The molecule has 1 aliphatic rings. The van der Waals surface area contributed by atoms with Gasteiger partial charge in [-0.2, -0.15) is 0 Å². The Labute approximate surface area is 123 Å². The van der Waals surface area contributed by atoms with Crippen molar-refractivity contribution in [2.75, 3.05) is 20.2 Å². The maximum Gasteiger partial charge on any atom is 0.133 e. The van der Waals surface area contributed by atoms with E-state index < -0.39 is 5.60 Å². The van der Waals surface area contributed by atoms with Gasteiger partial charge in [-0.1, -0.05) is 13.0 Å². The van der Waals surface area contributed by atoms with Crippen LogP contribution in [0, 0.1) is 5.92 Å². The lowest BCUT2D eigenvalue weighted by atomic mass is 9.76. The normalized spacial score (nSPS) is 27.3. The number of rotatable bonds is 4. The van der Waals surface area contributed by atoms with Crippen LogP contribution in [0.3, 0.4) is 0 Å². The van der Waals surface area contributed by atoms with E-state index in [0.717, 1.165) is 41.7 Å². The van der Waals surface area contributed by atoms with Crippen LogP contribution in [0.25, 0.3) is 0 Å². The van der Waals surface area contributed by atoms with E-state index in [1.165, 1.54) is 0 Å². The Morgan fingerprint density at radius 2 is 2.32 bits per heavy atom. The molecule has 3 nitrogen and oxygen atoms in total. The van der Waals surface area contributed by atoms with Crippen molar-refractivity contribution in [3.05, 3.63) is 28.2 Å². The zero-order chi connectivity index (χ0) is 13.9. The number of ether oxygens (including phenoxy) is 1. The molecule has 106 valence electrons. The highest BCUT2D eigenvalue weighted by molar-refractivity contribution is 9.10. The van der Waals surface area contributed by atoms with Crippen molar-refractivity contribution in [2.24, 2.45) is 5.92 Å². The second kappa shape index (κ2) is 6.25. The van der Waals surface area contributed by atoms with Crippen molar-refractivity contribution in [1.82, 2.24) is 5.32 Å². The summed E-state index contributed by atoms with van der Waals surface area (Å²) >= 11 is 3.50. The van der Waals surface area contributed by atoms with Crippen LogP contribution in [0.5, 0.6) is 5.75 Å². The lowest BCUT2D eigenvalue weighted by molar-refractivity contribution is -0.0414. The summed E-state index contributed by atoms with van der Waals surface area (Å²) in [6.45, 7) is 3.95. The molecule has 0 saturated carbocycles. The zero-order valence-corrected chi connectivity index (χ0v) is 13.2. The molecule has 1 aliphatic heterocycles. The van der Waals surface area contributed by atoms with Crippen LogP contribution < -0.4 is 10.1 Å². The third-order valence-corrected chi connectivity index (χ3v) is 4.72. The fourth-order valence-corrected chi connectivity index (χ4v) is 3.49. The van der Waals surface area contributed by atoms with Gasteiger partial charge in [-0.05, 0) is 53.0 Å². The molecule has 0 aromatic heterocycles. The number of hydrogen-bond donors (Lipinski definition) is 2. The average molecular weight is 328 g/mol. The summed E-state index contributed by atoms with van der Waals surface area (Å²) in [7, 11) is 1.66. The van der Waals surface area contributed by atoms with E-state index in [-0.39, 0.29) is 0 Å². The molecule has 0 spiro atoms.